The van der Waals surface area contributed by atoms with Crippen molar-refractivity contribution in [1.82, 2.24) is 30.0 Å². The van der Waals surface area contributed by atoms with Crippen LogP contribution in [0.5, 0.6) is 0 Å². The molecule has 1 amide bonds. The van der Waals surface area contributed by atoms with Gasteiger partial charge in [0.15, 0.2) is 0 Å². The van der Waals surface area contributed by atoms with Crippen molar-refractivity contribution in [2.45, 2.75) is 56.5 Å². The lowest BCUT2D eigenvalue weighted by Gasteiger charge is -2.35. The molecule has 41 heavy (non-hydrogen) atoms. The first-order valence-electron chi connectivity index (χ1n) is 13.5. The molecule has 16 heteroatoms. The predicted molar refractivity (Wildman–Crippen MR) is 135 cm³/mol. The number of amides is 1. The number of hydrogen-bond donors (Lipinski definition) is 1. The number of anilines is 2. The van der Waals surface area contributed by atoms with Crippen molar-refractivity contribution in [3.63, 3.8) is 0 Å². The summed E-state index contributed by atoms with van der Waals surface area (Å²) in [7, 11) is 0. The van der Waals surface area contributed by atoms with Gasteiger partial charge in [-0.25, -0.2) is 15.1 Å². The van der Waals surface area contributed by atoms with Crippen LogP contribution in [0.2, 0.25) is 0 Å². The monoisotopic (exact) mass is 588 g/mol. The molecule has 224 valence electrons. The van der Waals surface area contributed by atoms with Gasteiger partial charge in [-0.3, -0.25) is 14.5 Å². The van der Waals surface area contributed by atoms with Crippen molar-refractivity contribution in [2.24, 2.45) is 0 Å². The molecule has 2 aromatic rings. The van der Waals surface area contributed by atoms with Crippen molar-refractivity contribution in [2.75, 3.05) is 55.6 Å². The standard InChI is InChI=1S/C25H30F6N8O2/c26-24(27,28)16-13-32-23(33-14-16)38-9-7-37(8-10-38)21(40)4-3-17-11-18(36-5-1-2-6-36)15-39(17)20-12-19(25(29,30)31)22(41)35-34-20/h12-14,17-18H,1-11,15H2,(H,35,41)/t17-,18+/m1/s1. The number of piperazine rings is 1. The number of halogens is 6. The van der Waals surface area contributed by atoms with Gasteiger partial charge >= 0.3 is 12.4 Å². The van der Waals surface area contributed by atoms with Crippen molar-refractivity contribution in [3.05, 3.63) is 39.9 Å². The molecule has 0 unspecified atom stereocenters. The molecule has 0 radical (unpaired) electrons. The second-order valence-electron chi connectivity index (χ2n) is 10.6. The minimum Gasteiger partial charge on any atom is -0.351 e. The molecule has 5 heterocycles. The van der Waals surface area contributed by atoms with E-state index in [0.29, 0.717) is 45.6 Å². The number of H-pyrrole nitrogens is 1. The van der Waals surface area contributed by atoms with Gasteiger partial charge in [-0.15, -0.1) is 0 Å². The van der Waals surface area contributed by atoms with Crippen LogP contribution in [-0.2, 0) is 17.1 Å². The number of carbonyl (C=O) groups excluding carboxylic acids is 1. The topological polar surface area (TPSA) is 102 Å². The second-order valence-corrected chi connectivity index (χ2v) is 10.6. The summed E-state index contributed by atoms with van der Waals surface area (Å²) in [5, 5.41) is 5.89. The highest BCUT2D eigenvalue weighted by molar-refractivity contribution is 5.76. The Kier molecular flexibility index (Phi) is 8.12. The lowest BCUT2D eigenvalue weighted by Crippen LogP contribution is -2.49. The van der Waals surface area contributed by atoms with Crippen molar-refractivity contribution in [3.8, 4) is 0 Å². The Morgan fingerprint density at radius 1 is 0.951 bits per heavy atom. The fraction of sp³-hybridized carbons (Fsp3) is 0.640. The Bertz CT molecular complexity index is 1270. The maximum Gasteiger partial charge on any atom is 0.421 e. The average molecular weight is 589 g/mol. The molecule has 0 bridgehead atoms. The van der Waals surface area contributed by atoms with E-state index >= 15 is 0 Å². The fourth-order valence-corrected chi connectivity index (χ4v) is 5.81. The fourth-order valence-electron chi connectivity index (χ4n) is 5.81. The molecule has 3 aliphatic rings. The molecule has 0 aliphatic carbocycles. The molecule has 3 aliphatic heterocycles. The van der Waals surface area contributed by atoms with Gasteiger partial charge in [0.05, 0.1) is 5.56 Å². The number of carbonyl (C=O) groups is 1. The molecule has 0 aromatic carbocycles. The Morgan fingerprint density at radius 3 is 2.22 bits per heavy atom. The number of hydrogen-bond acceptors (Lipinski definition) is 8. The molecular formula is C25H30F6N8O2. The molecule has 0 saturated carbocycles. The Labute approximate surface area is 231 Å². The van der Waals surface area contributed by atoms with Crippen molar-refractivity contribution in [1.29, 1.82) is 0 Å². The van der Waals surface area contributed by atoms with Crippen LogP contribution >= 0.6 is 0 Å². The third-order valence-electron chi connectivity index (χ3n) is 8.01. The molecule has 3 saturated heterocycles. The highest BCUT2D eigenvalue weighted by Crippen LogP contribution is 2.34. The zero-order valence-electron chi connectivity index (χ0n) is 22.1. The Morgan fingerprint density at radius 2 is 1.61 bits per heavy atom. The minimum atomic E-state index is -4.82. The third kappa shape index (κ3) is 6.57. The van der Waals surface area contributed by atoms with Crippen LogP contribution in [0.15, 0.2) is 23.3 Å². The van der Waals surface area contributed by atoms with Crippen LogP contribution in [0.25, 0.3) is 0 Å². The van der Waals surface area contributed by atoms with Gasteiger partial charge < -0.3 is 14.7 Å². The average Bonchev–Trinajstić information content (AvgIpc) is 3.62. The first-order valence-corrected chi connectivity index (χ1v) is 13.5. The smallest absolute Gasteiger partial charge is 0.351 e. The summed E-state index contributed by atoms with van der Waals surface area (Å²) in [6.45, 7) is 3.64. The summed E-state index contributed by atoms with van der Waals surface area (Å²) >= 11 is 0. The largest absolute Gasteiger partial charge is 0.421 e. The number of rotatable bonds is 6. The van der Waals surface area contributed by atoms with E-state index in [-0.39, 0.29) is 36.2 Å². The number of alkyl halides is 6. The van der Waals surface area contributed by atoms with Crippen LogP contribution in [-0.4, -0.2) is 93.8 Å². The summed E-state index contributed by atoms with van der Waals surface area (Å²) in [6, 6.07) is 0.640. The van der Waals surface area contributed by atoms with E-state index in [9.17, 15) is 35.9 Å². The molecule has 1 N–H and O–H groups in total. The Balaban J connectivity index is 1.21. The van der Waals surface area contributed by atoms with Crippen LogP contribution in [0.1, 0.15) is 43.2 Å². The van der Waals surface area contributed by atoms with Gasteiger partial charge in [-0.2, -0.15) is 31.4 Å². The summed E-state index contributed by atoms with van der Waals surface area (Å²) in [4.78, 5) is 39.9. The number of aromatic nitrogens is 4. The van der Waals surface area contributed by atoms with Gasteiger partial charge in [-0.05, 0) is 38.8 Å². The van der Waals surface area contributed by atoms with E-state index < -0.39 is 29.0 Å². The zero-order chi connectivity index (χ0) is 29.4. The summed E-state index contributed by atoms with van der Waals surface area (Å²) < 4.78 is 78.6. The van der Waals surface area contributed by atoms with Crippen LogP contribution in [0.4, 0.5) is 38.1 Å². The first kappa shape index (κ1) is 29.1. The minimum absolute atomic E-state index is 0.0289. The lowest BCUT2D eigenvalue weighted by atomic mass is 10.1. The normalized spacial score (nSPS) is 22.5. The van der Waals surface area contributed by atoms with Crippen LogP contribution in [0.3, 0.4) is 0 Å². The molecule has 3 fully saturated rings. The van der Waals surface area contributed by atoms with Crippen molar-refractivity contribution >= 4 is 17.7 Å². The quantitative estimate of drug-likeness (QED) is 0.515. The van der Waals surface area contributed by atoms with E-state index in [1.165, 1.54) is 0 Å². The molecular weight excluding hydrogens is 558 g/mol. The molecule has 0 spiro atoms. The molecule has 5 rings (SSSR count). The van der Waals surface area contributed by atoms with Gasteiger partial charge in [0.2, 0.25) is 11.9 Å². The van der Waals surface area contributed by atoms with Gasteiger partial charge in [0, 0.05) is 69.7 Å². The van der Waals surface area contributed by atoms with E-state index in [2.05, 4.69) is 20.0 Å². The van der Waals surface area contributed by atoms with E-state index in [4.69, 9.17) is 0 Å². The number of aromatic amines is 1. The summed E-state index contributed by atoms with van der Waals surface area (Å²) in [6.07, 6.45) is -4.55. The SMILES string of the molecule is O=C(CC[C@@H]1C[C@H](N2CCCC2)CN1c1cc(C(F)(F)F)c(=O)[nH]n1)N1CCN(c2ncc(C(F)(F)F)cn2)CC1. The number of nitrogens with one attached hydrogen (secondary N) is 1. The van der Waals surface area contributed by atoms with Gasteiger partial charge in [0.25, 0.3) is 5.56 Å². The molecule has 2 aromatic heterocycles. The zero-order valence-corrected chi connectivity index (χ0v) is 22.1. The van der Waals surface area contributed by atoms with Crippen LogP contribution in [0, 0.1) is 0 Å². The number of nitrogens with zero attached hydrogens (tertiary/aromatic N) is 7. The maximum atomic E-state index is 13.4. The van der Waals surface area contributed by atoms with Gasteiger partial charge in [0.1, 0.15) is 11.4 Å². The molecule has 2 atom stereocenters. The lowest BCUT2D eigenvalue weighted by molar-refractivity contribution is -0.139. The van der Waals surface area contributed by atoms with E-state index in [0.717, 1.165) is 44.4 Å². The maximum absolute atomic E-state index is 13.4. The summed E-state index contributed by atoms with van der Waals surface area (Å²) in [5.74, 6) is 0.0699. The molecule has 10 nitrogen and oxygen atoms in total. The predicted octanol–water partition coefficient (Wildman–Crippen LogP) is 2.77. The van der Waals surface area contributed by atoms with Crippen molar-refractivity contribution < 1.29 is 31.1 Å². The summed E-state index contributed by atoms with van der Waals surface area (Å²) in [5.41, 5.74) is -3.55. The second kappa shape index (κ2) is 11.4. The third-order valence-corrected chi connectivity index (χ3v) is 8.01. The van der Waals surface area contributed by atoms with E-state index in [1.54, 1.807) is 14.7 Å². The highest BCUT2D eigenvalue weighted by atomic mass is 19.4. The van der Waals surface area contributed by atoms with Crippen LogP contribution < -0.4 is 15.4 Å². The number of likely N-dealkylation sites (tertiary alicyclic amines) is 1. The highest BCUT2D eigenvalue weighted by Gasteiger charge is 2.40. The Hall–Kier alpha value is -3.43. The van der Waals surface area contributed by atoms with E-state index in [1.807, 2.05) is 5.10 Å². The van der Waals surface area contributed by atoms with Gasteiger partial charge in [-0.1, -0.05) is 0 Å². The first-order chi connectivity index (χ1) is 19.4.